The molecule has 1 atom stereocenters. The molecule has 1 aromatic rings. The lowest BCUT2D eigenvalue weighted by molar-refractivity contribution is -0.126. The number of hydrogen-bond donors (Lipinski definition) is 1. The van der Waals surface area contributed by atoms with Crippen LogP contribution in [0, 0.1) is 5.92 Å². The van der Waals surface area contributed by atoms with E-state index in [1.54, 1.807) is 4.90 Å². The maximum atomic E-state index is 12.5. The highest BCUT2D eigenvalue weighted by molar-refractivity contribution is 6.00. The predicted octanol–water partition coefficient (Wildman–Crippen LogP) is 1.04. The molecule has 0 spiro atoms. The van der Waals surface area contributed by atoms with Gasteiger partial charge in [0.1, 0.15) is 13.2 Å². The topological polar surface area (TPSA) is 80.3 Å². The number of nitrogens with one attached hydrogen (secondary N) is 1. The van der Waals surface area contributed by atoms with Gasteiger partial charge in [-0.3, -0.25) is 14.5 Å². The molecule has 1 aromatic carbocycles. The number of carbonyl (C=O) groups is 2. The lowest BCUT2D eigenvalue weighted by Gasteiger charge is -2.26. The van der Waals surface area contributed by atoms with E-state index in [4.69, 9.17) is 14.2 Å². The van der Waals surface area contributed by atoms with Crippen molar-refractivity contribution in [2.24, 2.45) is 5.92 Å². The molecule has 0 saturated carbocycles. The zero-order chi connectivity index (χ0) is 20.1. The van der Waals surface area contributed by atoms with Gasteiger partial charge in [-0.2, -0.15) is 0 Å². The van der Waals surface area contributed by atoms with Crippen molar-refractivity contribution in [1.82, 2.24) is 10.2 Å². The molecule has 29 heavy (non-hydrogen) atoms. The van der Waals surface area contributed by atoms with Gasteiger partial charge in [0, 0.05) is 44.4 Å². The highest BCUT2D eigenvalue weighted by atomic mass is 16.6. The molecule has 2 amide bonds. The third-order valence-corrected chi connectivity index (χ3v) is 5.64. The highest BCUT2D eigenvalue weighted by Gasteiger charge is 2.35. The zero-order valence-electron chi connectivity index (χ0n) is 16.7. The molecule has 158 valence electrons. The van der Waals surface area contributed by atoms with Crippen LogP contribution in [-0.2, 0) is 14.3 Å². The van der Waals surface area contributed by atoms with Crippen molar-refractivity contribution in [2.75, 3.05) is 64.1 Å². The highest BCUT2D eigenvalue weighted by Crippen LogP contribution is 2.35. The maximum absolute atomic E-state index is 12.5. The lowest BCUT2D eigenvalue weighted by Crippen LogP contribution is -2.37. The smallest absolute Gasteiger partial charge is 0.227 e. The minimum Gasteiger partial charge on any atom is -0.486 e. The van der Waals surface area contributed by atoms with E-state index in [0.717, 1.165) is 51.4 Å². The third kappa shape index (κ3) is 5.00. The number of amides is 2. The summed E-state index contributed by atoms with van der Waals surface area (Å²) in [4.78, 5) is 29.0. The van der Waals surface area contributed by atoms with E-state index in [1.807, 2.05) is 18.2 Å². The van der Waals surface area contributed by atoms with Crippen molar-refractivity contribution >= 4 is 17.5 Å². The average Bonchev–Trinajstić information content (AvgIpc) is 3.15. The SMILES string of the molecule is O=C(NCCCCN1CCOCC1)C1CC(=O)N(c2ccc3c(c2)OCCO3)C1. The third-order valence-electron chi connectivity index (χ3n) is 5.64. The normalized spacial score (nSPS) is 22.0. The Morgan fingerprint density at radius 3 is 2.69 bits per heavy atom. The molecule has 2 fully saturated rings. The van der Waals surface area contributed by atoms with Crippen molar-refractivity contribution in [3.05, 3.63) is 18.2 Å². The van der Waals surface area contributed by atoms with E-state index >= 15 is 0 Å². The van der Waals surface area contributed by atoms with Gasteiger partial charge in [0.2, 0.25) is 11.8 Å². The van der Waals surface area contributed by atoms with Crippen LogP contribution in [0.25, 0.3) is 0 Å². The summed E-state index contributed by atoms with van der Waals surface area (Å²) in [6.45, 7) is 6.73. The Morgan fingerprint density at radius 2 is 1.86 bits per heavy atom. The molecule has 3 heterocycles. The van der Waals surface area contributed by atoms with Crippen molar-refractivity contribution < 1.29 is 23.8 Å². The minimum atomic E-state index is -0.310. The molecule has 8 nitrogen and oxygen atoms in total. The summed E-state index contributed by atoms with van der Waals surface area (Å²) in [7, 11) is 0. The lowest BCUT2D eigenvalue weighted by atomic mass is 10.1. The molecule has 2 saturated heterocycles. The Kier molecular flexibility index (Phi) is 6.51. The molecule has 3 aliphatic rings. The van der Waals surface area contributed by atoms with E-state index in [9.17, 15) is 9.59 Å². The van der Waals surface area contributed by atoms with Crippen LogP contribution >= 0.6 is 0 Å². The number of fused-ring (bicyclic) bond motifs is 1. The Balaban J connectivity index is 1.22. The van der Waals surface area contributed by atoms with Crippen LogP contribution in [0.3, 0.4) is 0 Å². The van der Waals surface area contributed by atoms with Gasteiger partial charge in [0.25, 0.3) is 0 Å². The predicted molar refractivity (Wildman–Crippen MR) is 107 cm³/mol. The standard InChI is InChI=1S/C21H29N3O5/c25-20-13-16(21(26)22-5-1-2-6-23-7-9-27-10-8-23)15-24(20)17-3-4-18-19(14-17)29-12-11-28-18/h3-4,14,16H,1-2,5-13,15H2,(H,22,26). The first kappa shape index (κ1) is 20.0. The summed E-state index contributed by atoms with van der Waals surface area (Å²) in [6.07, 6.45) is 2.23. The zero-order valence-corrected chi connectivity index (χ0v) is 16.7. The van der Waals surface area contributed by atoms with Crippen LogP contribution in [0.1, 0.15) is 19.3 Å². The molecule has 8 heteroatoms. The Hall–Kier alpha value is -2.32. The summed E-state index contributed by atoms with van der Waals surface area (Å²) in [5.41, 5.74) is 0.750. The fourth-order valence-corrected chi connectivity index (χ4v) is 3.97. The number of rotatable bonds is 7. The quantitative estimate of drug-likeness (QED) is 0.686. The molecule has 0 bridgehead atoms. The first-order chi connectivity index (χ1) is 14.2. The van der Waals surface area contributed by atoms with Crippen LogP contribution in [0.4, 0.5) is 5.69 Å². The summed E-state index contributed by atoms with van der Waals surface area (Å²) in [5.74, 6) is 0.960. The molecular weight excluding hydrogens is 374 g/mol. The first-order valence-electron chi connectivity index (χ1n) is 10.5. The first-order valence-corrected chi connectivity index (χ1v) is 10.5. The second-order valence-electron chi connectivity index (χ2n) is 7.69. The van der Waals surface area contributed by atoms with Gasteiger partial charge in [-0.25, -0.2) is 0 Å². The van der Waals surface area contributed by atoms with Crippen LogP contribution < -0.4 is 19.7 Å². The summed E-state index contributed by atoms with van der Waals surface area (Å²) in [6, 6.07) is 5.48. The molecule has 0 aromatic heterocycles. The molecule has 4 rings (SSSR count). The summed E-state index contributed by atoms with van der Waals surface area (Å²) >= 11 is 0. The monoisotopic (exact) mass is 403 g/mol. The van der Waals surface area contributed by atoms with E-state index < -0.39 is 0 Å². The summed E-state index contributed by atoms with van der Waals surface area (Å²) < 4.78 is 16.5. The Labute approximate surface area is 171 Å². The molecule has 1 unspecified atom stereocenters. The van der Waals surface area contributed by atoms with Gasteiger partial charge in [0.05, 0.1) is 19.1 Å². The van der Waals surface area contributed by atoms with Crippen LogP contribution in [0.5, 0.6) is 11.5 Å². The van der Waals surface area contributed by atoms with Gasteiger partial charge < -0.3 is 24.4 Å². The van der Waals surface area contributed by atoms with Crippen LogP contribution in [0.2, 0.25) is 0 Å². The molecular formula is C21H29N3O5. The maximum Gasteiger partial charge on any atom is 0.227 e. The second kappa shape index (κ2) is 9.45. The van der Waals surface area contributed by atoms with E-state index in [1.165, 1.54) is 0 Å². The number of morpholine rings is 1. The van der Waals surface area contributed by atoms with Gasteiger partial charge in [-0.15, -0.1) is 0 Å². The molecule has 0 aliphatic carbocycles. The molecule has 3 aliphatic heterocycles. The van der Waals surface area contributed by atoms with Gasteiger partial charge in [0.15, 0.2) is 11.5 Å². The number of hydrogen-bond acceptors (Lipinski definition) is 6. The fraction of sp³-hybridized carbons (Fsp3) is 0.619. The number of carbonyl (C=O) groups excluding carboxylic acids is 2. The molecule has 0 radical (unpaired) electrons. The molecule has 1 N–H and O–H groups in total. The second-order valence-corrected chi connectivity index (χ2v) is 7.69. The largest absolute Gasteiger partial charge is 0.486 e. The fourth-order valence-electron chi connectivity index (χ4n) is 3.97. The van der Waals surface area contributed by atoms with Crippen molar-refractivity contribution in [1.29, 1.82) is 0 Å². The van der Waals surface area contributed by atoms with E-state index in [2.05, 4.69) is 10.2 Å². The van der Waals surface area contributed by atoms with E-state index in [0.29, 0.717) is 37.8 Å². The van der Waals surface area contributed by atoms with Crippen molar-refractivity contribution in [3.63, 3.8) is 0 Å². The van der Waals surface area contributed by atoms with Crippen molar-refractivity contribution in [2.45, 2.75) is 19.3 Å². The number of nitrogens with zero attached hydrogens (tertiary/aromatic N) is 2. The Morgan fingerprint density at radius 1 is 1.07 bits per heavy atom. The number of unbranched alkanes of at least 4 members (excludes halogenated alkanes) is 1. The van der Waals surface area contributed by atoms with Gasteiger partial charge in [-0.1, -0.05) is 0 Å². The van der Waals surface area contributed by atoms with Crippen molar-refractivity contribution in [3.8, 4) is 11.5 Å². The number of ether oxygens (including phenoxy) is 3. The summed E-state index contributed by atoms with van der Waals surface area (Å²) in [5, 5.41) is 3.00. The van der Waals surface area contributed by atoms with Gasteiger partial charge >= 0.3 is 0 Å². The Bertz CT molecular complexity index is 735. The van der Waals surface area contributed by atoms with Crippen LogP contribution in [0.15, 0.2) is 18.2 Å². The van der Waals surface area contributed by atoms with Crippen LogP contribution in [-0.4, -0.2) is 75.9 Å². The minimum absolute atomic E-state index is 0.0332. The van der Waals surface area contributed by atoms with E-state index in [-0.39, 0.29) is 24.2 Å². The number of anilines is 1. The van der Waals surface area contributed by atoms with Gasteiger partial charge in [-0.05, 0) is 31.5 Å². The number of benzene rings is 1. The average molecular weight is 403 g/mol.